The molecule has 0 saturated heterocycles. The van der Waals surface area contributed by atoms with E-state index < -0.39 is 5.97 Å². The molecule has 5 heteroatoms. The zero-order valence-electron chi connectivity index (χ0n) is 13.0. The summed E-state index contributed by atoms with van der Waals surface area (Å²) in [6.45, 7) is 8.36. The number of carboxylic acid groups (broad SMARTS) is 1. The maximum absolute atomic E-state index is 11.4. The summed E-state index contributed by atoms with van der Waals surface area (Å²) in [6, 6.07) is 4.26. The zero-order chi connectivity index (χ0) is 15.8. The molecule has 1 aliphatic carbocycles. The van der Waals surface area contributed by atoms with Crippen LogP contribution in [0.5, 0.6) is 0 Å². The Balaban J connectivity index is 2.07. The van der Waals surface area contributed by atoms with E-state index in [-0.39, 0.29) is 23.3 Å². The SMILES string of the molecule is CC(NC1CCC(C(=O)O)C(C)(C)C1C)c1ccc(Br)o1. The summed E-state index contributed by atoms with van der Waals surface area (Å²) in [6.07, 6.45) is 1.60. The first-order chi connectivity index (χ1) is 9.73. The molecule has 0 bridgehead atoms. The molecule has 21 heavy (non-hydrogen) atoms. The van der Waals surface area contributed by atoms with E-state index in [4.69, 9.17) is 4.42 Å². The van der Waals surface area contributed by atoms with Crippen LogP contribution in [-0.4, -0.2) is 17.1 Å². The van der Waals surface area contributed by atoms with Crippen molar-refractivity contribution in [2.45, 2.75) is 52.6 Å². The third-order valence-electron chi connectivity index (χ3n) is 5.22. The smallest absolute Gasteiger partial charge is 0.307 e. The standard InChI is InChI=1S/C16H24BrNO3/c1-9-12(6-5-11(15(19)20)16(9,3)4)18-10(2)13-7-8-14(17)21-13/h7-12,18H,5-6H2,1-4H3,(H,19,20). The summed E-state index contributed by atoms with van der Waals surface area (Å²) in [7, 11) is 0. The fraction of sp³-hybridized carbons (Fsp3) is 0.688. The van der Waals surface area contributed by atoms with Crippen LogP contribution in [0.1, 0.15) is 52.3 Å². The van der Waals surface area contributed by atoms with E-state index in [0.29, 0.717) is 6.04 Å². The lowest BCUT2D eigenvalue weighted by Gasteiger charge is -2.47. The Morgan fingerprint density at radius 1 is 1.48 bits per heavy atom. The number of hydrogen-bond acceptors (Lipinski definition) is 3. The lowest BCUT2D eigenvalue weighted by molar-refractivity contribution is -0.150. The van der Waals surface area contributed by atoms with Crippen LogP contribution in [0.15, 0.2) is 21.2 Å². The maximum Gasteiger partial charge on any atom is 0.307 e. The van der Waals surface area contributed by atoms with Crippen LogP contribution in [0.4, 0.5) is 0 Å². The van der Waals surface area contributed by atoms with Gasteiger partial charge in [0.1, 0.15) is 5.76 Å². The molecule has 2 N–H and O–H groups in total. The number of rotatable bonds is 4. The molecular weight excluding hydrogens is 334 g/mol. The van der Waals surface area contributed by atoms with Crippen molar-refractivity contribution in [1.82, 2.24) is 5.32 Å². The molecule has 1 aliphatic rings. The number of furan rings is 1. The molecule has 0 amide bonds. The van der Waals surface area contributed by atoms with Crippen LogP contribution in [0.2, 0.25) is 0 Å². The second-order valence-electron chi connectivity index (χ2n) is 6.71. The summed E-state index contributed by atoms with van der Waals surface area (Å²) in [4.78, 5) is 11.4. The van der Waals surface area contributed by atoms with Crippen molar-refractivity contribution in [2.24, 2.45) is 17.3 Å². The number of carboxylic acids is 1. The van der Waals surface area contributed by atoms with Gasteiger partial charge in [-0.05, 0) is 59.2 Å². The molecule has 0 aliphatic heterocycles. The van der Waals surface area contributed by atoms with Crippen LogP contribution in [-0.2, 0) is 4.79 Å². The molecule has 0 aromatic carbocycles. The van der Waals surface area contributed by atoms with Gasteiger partial charge in [0.25, 0.3) is 0 Å². The molecule has 118 valence electrons. The van der Waals surface area contributed by atoms with Gasteiger partial charge in [0.15, 0.2) is 4.67 Å². The van der Waals surface area contributed by atoms with E-state index in [1.165, 1.54) is 0 Å². The molecule has 2 rings (SSSR count). The topological polar surface area (TPSA) is 62.5 Å². The first-order valence-corrected chi connectivity index (χ1v) is 8.27. The first-order valence-electron chi connectivity index (χ1n) is 7.47. The fourth-order valence-corrected chi connectivity index (χ4v) is 3.76. The molecule has 1 saturated carbocycles. The molecule has 1 fully saturated rings. The van der Waals surface area contributed by atoms with Crippen LogP contribution >= 0.6 is 15.9 Å². The Labute approximate surface area is 134 Å². The normalized spacial score (nSPS) is 30.0. The van der Waals surface area contributed by atoms with E-state index in [1.807, 2.05) is 12.1 Å². The lowest BCUT2D eigenvalue weighted by atomic mass is 9.61. The summed E-state index contributed by atoms with van der Waals surface area (Å²) < 4.78 is 6.32. The van der Waals surface area contributed by atoms with Gasteiger partial charge in [-0.15, -0.1) is 0 Å². The minimum atomic E-state index is -0.673. The largest absolute Gasteiger partial charge is 0.481 e. The van der Waals surface area contributed by atoms with Gasteiger partial charge in [0, 0.05) is 6.04 Å². The van der Waals surface area contributed by atoms with Gasteiger partial charge >= 0.3 is 5.97 Å². The molecule has 0 spiro atoms. The van der Waals surface area contributed by atoms with Gasteiger partial charge in [-0.3, -0.25) is 4.79 Å². The molecule has 1 heterocycles. The Hall–Kier alpha value is -0.810. The van der Waals surface area contributed by atoms with Crippen molar-refractivity contribution in [2.75, 3.05) is 0 Å². The van der Waals surface area contributed by atoms with E-state index in [9.17, 15) is 9.90 Å². The van der Waals surface area contributed by atoms with Crippen molar-refractivity contribution in [3.63, 3.8) is 0 Å². The van der Waals surface area contributed by atoms with Gasteiger partial charge < -0.3 is 14.8 Å². The Bertz CT molecular complexity index is 511. The van der Waals surface area contributed by atoms with Crippen LogP contribution in [0.25, 0.3) is 0 Å². The molecule has 0 radical (unpaired) electrons. The highest BCUT2D eigenvalue weighted by Crippen LogP contribution is 2.45. The van der Waals surface area contributed by atoms with Crippen molar-refractivity contribution >= 4 is 21.9 Å². The second kappa shape index (κ2) is 6.13. The van der Waals surface area contributed by atoms with Crippen molar-refractivity contribution in [3.05, 3.63) is 22.6 Å². The van der Waals surface area contributed by atoms with Gasteiger partial charge in [-0.2, -0.15) is 0 Å². The minimum absolute atomic E-state index is 0.112. The Morgan fingerprint density at radius 2 is 2.14 bits per heavy atom. The van der Waals surface area contributed by atoms with E-state index in [0.717, 1.165) is 23.3 Å². The summed E-state index contributed by atoms with van der Waals surface area (Å²) >= 11 is 3.32. The third kappa shape index (κ3) is 3.34. The number of carbonyl (C=O) groups is 1. The van der Waals surface area contributed by atoms with Crippen LogP contribution < -0.4 is 5.32 Å². The number of nitrogens with one attached hydrogen (secondary N) is 1. The predicted octanol–water partition coefficient (Wildman–Crippen LogP) is 4.22. The van der Waals surface area contributed by atoms with Crippen LogP contribution in [0.3, 0.4) is 0 Å². The molecule has 1 aromatic rings. The van der Waals surface area contributed by atoms with Gasteiger partial charge in [-0.1, -0.05) is 20.8 Å². The Kier molecular flexibility index (Phi) is 4.83. The van der Waals surface area contributed by atoms with E-state index in [1.54, 1.807) is 0 Å². The number of aliphatic carboxylic acids is 1. The van der Waals surface area contributed by atoms with Gasteiger partial charge in [0.05, 0.1) is 12.0 Å². The highest BCUT2D eigenvalue weighted by molar-refractivity contribution is 9.10. The zero-order valence-corrected chi connectivity index (χ0v) is 14.6. The predicted molar refractivity (Wildman–Crippen MR) is 85.1 cm³/mol. The molecule has 4 nitrogen and oxygen atoms in total. The fourth-order valence-electron chi connectivity index (χ4n) is 3.44. The summed E-state index contributed by atoms with van der Waals surface area (Å²) in [5, 5.41) is 13.0. The third-order valence-corrected chi connectivity index (χ3v) is 5.65. The average molecular weight is 358 g/mol. The second-order valence-corrected chi connectivity index (χ2v) is 7.50. The molecule has 1 aromatic heterocycles. The van der Waals surface area contributed by atoms with Crippen molar-refractivity contribution < 1.29 is 14.3 Å². The summed E-state index contributed by atoms with van der Waals surface area (Å²) in [5.41, 5.74) is -0.217. The first kappa shape index (κ1) is 16.6. The average Bonchev–Trinajstić information content (AvgIpc) is 2.81. The Morgan fingerprint density at radius 3 is 2.67 bits per heavy atom. The lowest BCUT2D eigenvalue weighted by Crippen LogP contribution is -2.51. The van der Waals surface area contributed by atoms with Gasteiger partial charge in [0.2, 0.25) is 0 Å². The monoisotopic (exact) mass is 357 g/mol. The van der Waals surface area contributed by atoms with E-state index in [2.05, 4.69) is 48.9 Å². The number of halogens is 1. The minimum Gasteiger partial charge on any atom is -0.481 e. The maximum atomic E-state index is 11.4. The van der Waals surface area contributed by atoms with E-state index >= 15 is 0 Å². The molecular formula is C16H24BrNO3. The highest BCUT2D eigenvalue weighted by atomic mass is 79.9. The van der Waals surface area contributed by atoms with Crippen molar-refractivity contribution in [1.29, 1.82) is 0 Å². The summed E-state index contributed by atoms with van der Waals surface area (Å²) in [5.74, 6) is 0.243. The van der Waals surface area contributed by atoms with Crippen molar-refractivity contribution in [3.8, 4) is 0 Å². The highest BCUT2D eigenvalue weighted by Gasteiger charge is 2.46. The van der Waals surface area contributed by atoms with Crippen LogP contribution in [0, 0.1) is 17.3 Å². The molecule has 4 unspecified atom stereocenters. The van der Waals surface area contributed by atoms with Gasteiger partial charge in [-0.25, -0.2) is 0 Å². The quantitative estimate of drug-likeness (QED) is 0.846. The number of hydrogen-bond donors (Lipinski definition) is 2. The molecule has 4 atom stereocenters.